The Morgan fingerprint density at radius 1 is 1.12 bits per heavy atom. The van der Waals surface area contributed by atoms with Gasteiger partial charge < -0.3 is 9.64 Å². The van der Waals surface area contributed by atoms with Crippen LogP contribution >= 0.6 is 24.8 Å². The van der Waals surface area contributed by atoms with Crippen LogP contribution in [-0.2, 0) is 0 Å². The Morgan fingerprint density at radius 3 is 2.58 bits per heavy atom. The van der Waals surface area contributed by atoms with Gasteiger partial charge in [0.1, 0.15) is 12.4 Å². The average Bonchev–Trinajstić information content (AvgIpc) is 2.98. The Morgan fingerprint density at radius 2 is 1.88 bits per heavy atom. The topological polar surface area (TPSA) is 25.4 Å². The van der Waals surface area contributed by atoms with Gasteiger partial charge in [-0.1, -0.05) is 42.5 Å². The maximum absolute atomic E-state index is 5.91. The molecule has 1 aliphatic heterocycles. The molecule has 0 unspecified atom stereocenters. The zero-order valence-corrected chi connectivity index (χ0v) is 15.4. The van der Waals surface area contributed by atoms with Crippen molar-refractivity contribution in [3.05, 3.63) is 59.9 Å². The second kappa shape index (κ2) is 10.3. The van der Waals surface area contributed by atoms with Gasteiger partial charge in [0.2, 0.25) is 0 Å². The Labute approximate surface area is 156 Å². The number of likely N-dealkylation sites (tertiary alicyclic amines) is 1. The molecule has 24 heavy (non-hydrogen) atoms. The predicted molar refractivity (Wildman–Crippen MR) is 105 cm³/mol. The Hall–Kier alpha value is -1.55. The number of benzene rings is 1. The second-order valence-corrected chi connectivity index (χ2v) is 5.79. The fourth-order valence-electron chi connectivity index (χ4n) is 2.74. The Kier molecular flexibility index (Phi) is 8.83. The Balaban J connectivity index is 0.00000144. The van der Waals surface area contributed by atoms with E-state index in [1.54, 1.807) is 6.20 Å². The van der Waals surface area contributed by atoms with Gasteiger partial charge in [-0.25, -0.2) is 0 Å². The SMILES string of the molecule is CN1CCC[C@H]1COc1cncc(/C=C/c2ccccc2)c1.Cl.Cl. The van der Waals surface area contributed by atoms with Gasteiger partial charge in [-0.2, -0.15) is 0 Å². The van der Waals surface area contributed by atoms with Crippen molar-refractivity contribution in [1.82, 2.24) is 9.88 Å². The largest absolute Gasteiger partial charge is 0.490 e. The number of likely N-dealkylation sites (N-methyl/N-ethyl adjacent to an activating group) is 1. The van der Waals surface area contributed by atoms with Crippen molar-refractivity contribution in [2.45, 2.75) is 18.9 Å². The molecule has 5 heteroatoms. The van der Waals surface area contributed by atoms with Crippen LogP contribution in [0.2, 0.25) is 0 Å². The van der Waals surface area contributed by atoms with Crippen molar-refractivity contribution in [1.29, 1.82) is 0 Å². The highest BCUT2D eigenvalue weighted by molar-refractivity contribution is 5.85. The maximum atomic E-state index is 5.91. The van der Waals surface area contributed by atoms with Crippen LogP contribution in [0.15, 0.2) is 48.8 Å². The van der Waals surface area contributed by atoms with E-state index in [1.165, 1.54) is 24.9 Å². The third-order valence-electron chi connectivity index (χ3n) is 4.12. The summed E-state index contributed by atoms with van der Waals surface area (Å²) in [6, 6.07) is 12.8. The number of aromatic nitrogens is 1. The lowest BCUT2D eigenvalue weighted by Crippen LogP contribution is -2.30. The van der Waals surface area contributed by atoms with Crippen molar-refractivity contribution < 1.29 is 4.74 Å². The van der Waals surface area contributed by atoms with Crippen LogP contribution in [0.25, 0.3) is 12.2 Å². The molecular weight excluding hydrogens is 343 g/mol. The average molecular weight is 367 g/mol. The molecule has 0 aliphatic carbocycles. The van der Waals surface area contributed by atoms with Crippen LogP contribution in [-0.4, -0.2) is 36.1 Å². The highest BCUT2D eigenvalue weighted by Crippen LogP contribution is 2.18. The van der Waals surface area contributed by atoms with E-state index in [9.17, 15) is 0 Å². The van der Waals surface area contributed by atoms with E-state index in [-0.39, 0.29) is 24.8 Å². The third kappa shape index (κ3) is 5.82. The van der Waals surface area contributed by atoms with Crippen LogP contribution in [0, 0.1) is 0 Å². The van der Waals surface area contributed by atoms with Crippen molar-refractivity contribution in [3.8, 4) is 5.75 Å². The number of hydrogen-bond donors (Lipinski definition) is 0. The molecule has 2 heterocycles. The minimum atomic E-state index is 0. The highest BCUT2D eigenvalue weighted by atomic mass is 35.5. The molecular formula is C19H24Cl2N2O. The first-order valence-corrected chi connectivity index (χ1v) is 7.82. The fraction of sp³-hybridized carbons (Fsp3) is 0.316. The normalized spacial score (nSPS) is 17.3. The summed E-state index contributed by atoms with van der Waals surface area (Å²) in [5.41, 5.74) is 2.24. The zero-order chi connectivity index (χ0) is 15.2. The van der Waals surface area contributed by atoms with Gasteiger partial charge in [-0.3, -0.25) is 4.98 Å². The number of halogens is 2. The molecule has 2 aromatic rings. The van der Waals surface area contributed by atoms with Crippen LogP contribution in [0.3, 0.4) is 0 Å². The second-order valence-electron chi connectivity index (χ2n) is 5.79. The van der Waals surface area contributed by atoms with Crippen LogP contribution in [0.4, 0.5) is 0 Å². The molecule has 0 saturated carbocycles. The zero-order valence-electron chi connectivity index (χ0n) is 13.8. The van der Waals surface area contributed by atoms with E-state index in [1.807, 2.05) is 30.5 Å². The summed E-state index contributed by atoms with van der Waals surface area (Å²) in [7, 11) is 2.16. The first-order valence-electron chi connectivity index (χ1n) is 7.82. The highest BCUT2D eigenvalue weighted by Gasteiger charge is 2.21. The van der Waals surface area contributed by atoms with E-state index in [2.05, 4.69) is 41.2 Å². The molecule has 130 valence electrons. The van der Waals surface area contributed by atoms with E-state index >= 15 is 0 Å². The first kappa shape index (κ1) is 20.5. The number of rotatable bonds is 5. The molecule has 3 nitrogen and oxygen atoms in total. The molecule has 1 saturated heterocycles. The number of ether oxygens (including phenoxy) is 1. The quantitative estimate of drug-likeness (QED) is 0.774. The van der Waals surface area contributed by atoms with Gasteiger partial charge in [0, 0.05) is 12.2 Å². The number of hydrogen-bond acceptors (Lipinski definition) is 3. The van der Waals surface area contributed by atoms with Crippen molar-refractivity contribution in [2.24, 2.45) is 0 Å². The molecule has 3 rings (SSSR count). The monoisotopic (exact) mass is 366 g/mol. The molecule has 0 spiro atoms. The summed E-state index contributed by atoms with van der Waals surface area (Å²) < 4.78 is 5.91. The van der Waals surface area contributed by atoms with Gasteiger partial charge in [0.05, 0.1) is 6.20 Å². The summed E-state index contributed by atoms with van der Waals surface area (Å²) in [5, 5.41) is 0. The van der Waals surface area contributed by atoms with Crippen LogP contribution < -0.4 is 4.74 Å². The molecule has 0 amide bonds. The summed E-state index contributed by atoms with van der Waals surface area (Å²) in [6.07, 6.45) is 10.3. The smallest absolute Gasteiger partial charge is 0.138 e. The molecule has 1 aromatic carbocycles. The van der Waals surface area contributed by atoms with Gasteiger partial charge >= 0.3 is 0 Å². The molecule has 1 atom stereocenters. The van der Waals surface area contributed by atoms with E-state index in [0.29, 0.717) is 6.04 Å². The van der Waals surface area contributed by atoms with Crippen LogP contribution in [0.1, 0.15) is 24.0 Å². The molecule has 0 bridgehead atoms. The van der Waals surface area contributed by atoms with Gasteiger partial charge in [-0.05, 0) is 43.6 Å². The summed E-state index contributed by atoms with van der Waals surface area (Å²) in [6.45, 7) is 1.91. The lowest BCUT2D eigenvalue weighted by atomic mass is 10.2. The van der Waals surface area contributed by atoms with E-state index in [4.69, 9.17) is 4.74 Å². The fourth-order valence-corrected chi connectivity index (χ4v) is 2.74. The standard InChI is InChI=1S/C19H22N2O.2ClH/c1-21-11-5-8-18(21)15-22-19-12-17(13-20-14-19)10-9-16-6-3-2-4-7-16;;/h2-4,6-7,9-10,12-14,18H,5,8,11,15H2,1H3;2*1H/b10-9+;;/t18-;;/m0../s1. The number of pyridine rings is 1. The molecule has 1 aromatic heterocycles. The van der Waals surface area contributed by atoms with Crippen molar-refractivity contribution in [3.63, 3.8) is 0 Å². The van der Waals surface area contributed by atoms with E-state index in [0.717, 1.165) is 17.9 Å². The van der Waals surface area contributed by atoms with Gasteiger partial charge in [0.25, 0.3) is 0 Å². The maximum Gasteiger partial charge on any atom is 0.138 e. The molecule has 1 fully saturated rings. The van der Waals surface area contributed by atoms with Gasteiger partial charge in [0.15, 0.2) is 0 Å². The van der Waals surface area contributed by atoms with E-state index < -0.39 is 0 Å². The Bertz CT molecular complexity index is 634. The summed E-state index contributed by atoms with van der Waals surface area (Å²) >= 11 is 0. The molecule has 0 radical (unpaired) electrons. The lowest BCUT2D eigenvalue weighted by molar-refractivity contribution is 0.198. The van der Waals surface area contributed by atoms with Crippen molar-refractivity contribution in [2.75, 3.05) is 20.2 Å². The molecule has 0 N–H and O–H groups in total. The molecule has 1 aliphatic rings. The summed E-state index contributed by atoms with van der Waals surface area (Å²) in [5.74, 6) is 0.843. The first-order chi connectivity index (χ1) is 10.8. The number of nitrogens with zero attached hydrogens (tertiary/aromatic N) is 2. The van der Waals surface area contributed by atoms with Gasteiger partial charge in [-0.15, -0.1) is 24.8 Å². The van der Waals surface area contributed by atoms with Crippen LogP contribution in [0.5, 0.6) is 5.75 Å². The minimum Gasteiger partial charge on any atom is -0.490 e. The van der Waals surface area contributed by atoms with Crippen molar-refractivity contribution >= 4 is 37.0 Å². The third-order valence-corrected chi connectivity index (χ3v) is 4.12. The lowest BCUT2D eigenvalue weighted by Gasteiger charge is -2.19. The minimum absolute atomic E-state index is 0. The summed E-state index contributed by atoms with van der Waals surface area (Å²) in [4.78, 5) is 6.64. The predicted octanol–water partition coefficient (Wildman–Crippen LogP) is 4.57.